The summed E-state index contributed by atoms with van der Waals surface area (Å²) in [5.74, 6) is -2.07. The number of azide groups is 1. The lowest BCUT2D eigenvalue weighted by molar-refractivity contribution is -0.136. The highest BCUT2D eigenvalue weighted by molar-refractivity contribution is 8.15. The molecular weight excluding hydrogens is 454 g/mol. The van der Waals surface area contributed by atoms with Gasteiger partial charge in [0.25, 0.3) is 5.91 Å². The number of hydrogen-bond acceptors (Lipinski definition) is 5. The van der Waals surface area contributed by atoms with Gasteiger partial charge in [-0.25, -0.2) is 18.6 Å². The third-order valence-corrected chi connectivity index (χ3v) is 6.38. The number of rotatable bonds is 8. The van der Waals surface area contributed by atoms with E-state index in [9.17, 15) is 18.4 Å². The van der Waals surface area contributed by atoms with Gasteiger partial charge in [-0.05, 0) is 49.1 Å². The first-order chi connectivity index (χ1) is 15.8. The molecule has 2 aromatic carbocycles. The maximum absolute atomic E-state index is 14.6. The fourth-order valence-corrected chi connectivity index (χ4v) is 4.86. The molecule has 0 aliphatic carbocycles. The normalized spacial score (nSPS) is 18.3. The summed E-state index contributed by atoms with van der Waals surface area (Å²) >= 11 is 1.06. The number of benzene rings is 2. The van der Waals surface area contributed by atoms with Gasteiger partial charge in [0.15, 0.2) is 0 Å². The van der Waals surface area contributed by atoms with Gasteiger partial charge in [-0.15, -0.1) is 0 Å². The Balaban J connectivity index is 2.13. The Bertz CT molecular complexity index is 1130. The summed E-state index contributed by atoms with van der Waals surface area (Å²) in [5, 5.41) is 20.2. The standard InChI is InChI=1S/C21H20F2N6O3S/c1-13(26-20(31)32)19(30)29-21(10-5-11-25-28-24,14-6-3-2-4-7-14)33-18(27-29)16-12-15(22)8-9-17(16)23/h2-4,6-9,12-13,26H,5,10-11H2,1H3,(H,31,32). The minimum absolute atomic E-state index is 0.0653. The monoisotopic (exact) mass is 474 g/mol. The van der Waals surface area contributed by atoms with Gasteiger partial charge in [-0.3, -0.25) is 4.79 Å². The summed E-state index contributed by atoms with van der Waals surface area (Å²) in [5.41, 5.74) is 9.13. The van der Waals surface area contributed by atoms with Crippen LogP contribution in [-0.4, -0.2) is 39.7 Å². The van der Waals surface area contributed by atoms with E-state index in [0.717, 1.165) is 35.0 Å². The van der Waals surface area contributed by atoms with Crippen molar-refractivity contribution in [3.05, 3.63) is 81.7 Å². The minimum atomic E-state index is -1.39. The topological polar surface area (TPSA) is 131 Å². The largest absolute Gasteiger partial charge is 0.465 e. The highest BCUT2D eigenvalue weighted by atomic mass is 32.2. The van der Waals surface area contributed by atoms with Gasteiger partial charge in [0.1, 0.15) is 27.6 Å². The van der Waals surface area contributed by atoms with Gasteiger partial charge in [0.05, 0.1) is 0 Å². The summed E-state index contributed by atoms with van der Waals surface area (Å²) in [6, 6.07) is 10.6. The van der Waals surface area contributed by atoms with E-state index in [2.05, 4.69) is 20.4 Å². The number of amides is 2. The maximum Gasteiger partial charge on any atom is 0.405 e. The molecule has 12 heteroatoms. The molecule has 0 spiro atoms. The van der Waals surface area contributed by atoms with Crippen molar-refractivity contribution >= 4 is 28.8 Å². The predicted molar refractivity (Wildman–Crippen MR) is 119 cm³/mol. The van der Waals surface area contributed by atoms with Crippen molar-refractivity contribution in [3.63, 3.8) is 0 Å². The number of hydrogen-bond donors (Lipinski definition) is 2. The average molecular weight is 474 g/mol. The number of hydrazone groups is 1. The van der Waals surface area contributed by atoms with E-state index in [0.29, 0.717) is 12.0 Å². The number of nitrogens with one attached hydrogen (secondary N) is 1. The van der Waals surface area contributed by atoms with Crippen LogP contribution in [-0.2, 0) is 9.67 Å². The van der Waals surface area contributed by atoms with Crippen LogP contribution in [0.25, 0.3) is 10.4 Å². The van der Waals surface area contributed by atoms with Crippen LogP contribution in [0.4, 0.5) is 13.6 Å². The lowest BCUT2D eigenvalue weighted by Gasteiger charge is -2.37. The highest BCUT2D eigenvalue weighted by Crippen LogP contribution is 2.50. The number of carbonyl (C=O) groups excluding carboxylic acids is 1. The van der Waals surface area contributed by atoms with Crippen LogP contribution in [0.1, 0.15) is 30.9 Å². The molecule has 1 aliphatic heterocycles. The molecule has 0 bridgehead atoms. The lowest BCUT2D eigenvalue weighted by atomic mass is 9.99. The van der Waals surface area contributed by atoms with Gasteiger partial charge in [-0.2, -0.15) is 5.10 Å². The van der Waals surface area contributed by atoms with Gasteiger partial charge in [0, 0.05) is 17.0 Å². The van der Waals surface area contributed by atoms with E-state index in [-0.39, 0.29) is 23.6 Å². The van der Waals surface area contributed by atoms with Crippen LogP contribution in [0.2, 0.25) is 0 Å². The van der Waals surface area contributed by atoms with Crippen LogP contribution in [0.5, 0.6) is 0 Å². The Labute approximate surface area is 192 Å². The molecule has 0 saturated carbocycles. The van der Waals surface area contributed by atoms with Gasteiger partial charge < -0.3 is 10.4 Å². The molecule has 2 N–H and O–H groups in total. The Hall–Kier alpha value is -3.63. The van der Waals surface area contributed by atoms with E-state index >= 15 is 0 Å². The van der Waals surface area contributed by atoms with Gasteiger partial charge in [0.2, 0.25) is 0 Å². The molecule has 9 nitrogen and oxygen atoms in total. The smallest absolute Gasteiger partial charge is 0.405 e. The van der Waals surface area contributed by atoms with Crippen molar-refractivity contribution in [1.29, 1.82) is 0 Å². The molecule has 1 heterocycles. The molecule has 2 atom stereocenters. The molecular formula is C21H20F2N6O3S. The third kappa shape index (κ3) is 5.24. The van der Waals surface area contributed by atoms with Crippen LogP contribution < -0.4 is 5.32 Å². The molecule has 2 amide bonds. The fraction of sp³-hybridized carbons (Fsp3) is 0.286. The van der Waals surface area contributed by atoms with Crippen LogP contribution in [0, 0.1) is 11.6 Å². The number of halogens is 2. The second-order valence-electron chi connectivity index (χ2n) is 7.16. The molecule has 0 fully saturated rings. The Morgan fingerprint density at radius 3 is 2.70 bits per heavy atom. The quantitative estimate of drug-likeness (QED) is 0.246. The van der Waals surface area contributed by atoms with Crippen molar-refractivity contribution in [1.82, 2.24) is 10.3 Å². The molecule has 0 saturated heterocycles. The van der Waals surface area contributed by atoms with E-state index < -0.39 is 34.5 Å². The Morgan fingerprint density at radius 1 is 1.30 bits per heavy atom. The Morgan fingerprint density at radius 2 is 2.03 bits per heavy atom. The first kappa shape index (κ1) is 24.0. The predicted octanol–water partition coefficient (Wildman–Crippen LogP) is 4.80. The van der Waals surface area contributed by atoms with Crippen LogP contribution >= 0.6 is 11.8 Å². The van der Waals surface area contributed by atoms with Crippen molar-refractivity contribution in [3.8, 4) is 0 Å². The van der Waals surface area contributed by atoms with E-state index in [1.54, 1.807) is 30.3 Å². The SMILES string of the molecule is CC(NC(=O)O)C(=O)N1N=C(c2cc(F)ccc2F)SC1(CCCN=[N+]=[N-])c1ccccc1. The third-order valence-electron chi connectivity index (χ3n) is 4.94. The number of thioether (sulfide) groups is 1. The summed E-state index contributed by atoms with van der Waals surface area (Å²) in [4.78, 5) is 26.0. The van der Waals surface area contributed by atoms with E-state index in [4.69, 9.17) is 10.6 Å². The van der Waals surface area contributed by atoms with Gasteiger partial charge >= 0.3 is 6.09 Å². The lowest BCUT2D eigenvalue weighted by Crippen LogP contribution is -2.50. The molecule has 3 rings (SSSR count). The molecule has 172 valence electrons. The number of nitrogens with zero attached hydrogens (tertiary/aromatic N) is 5. The molecule has 0 aromatic heterocycles. The van der Waals surface area contributed by atoms with Crippen molar-refractivity contribution in [2.75, 3.05) is 6.54 Å². The van der Waals surface area contributed by atoms with Crippen molar-refractivity contribution in [2.45, 2.75) is 30.7 Å². The molecule has 33 heavy (non-hydrogen) atoms. The van der Waals surface area contributed by atoms with E-state index in [1.165, 1.54) is 6.92 Å². The molecule has 2 unspecified atom stereocenters. The molecule has 2 aromatic rings. The zero-order valence-corrected chi connectivity index (χ0v) is 18.3. The zero-order valence-electron chi connectivity index (χ0n) is 17.5. The molecule has 1 aliphatic rings. The van der Waals surface area contributed by atoms with Crippen molar-refractivity contribution in [2.24, 2.45) is 10.2 Å². The maximum atomic E-state index is 14.6. The van der Waals surface area contributed by atoms with Crippen LogP contribution in [0.3, 0.4) is 0 Å². The number of carbonyl (C=O) groups is 2. The summed E-state index contributed by atoms with van der Waals surface area (Å²) in [7, 11) is 0. The van der Waals surface area contributed by atoms with Crippen LogP contribution in [0.15, 0.2) is 58.7 Å². The van der Waals surface area contributed by atoms with Gasteiger partial charge in [-0.1, -0.05) is 47.2 Å². The second-order valence-corrected chi connectivity index (χ2v) is 8.43. The summed E-state index contributed by atoms with van der Waals surface area (Å²) < 4.78 is 28.5. The molecule has 0 radical (unpaired) electrons. The minimum Gasteiger partial charge on any atom is -0.465 e. The number of carboxylic acid groups (broad SMARTS) is 1. The zero-order chi connectivity index (χ0) is 24.0. The Kier molecular flexibility index (Phi) is 7.52. The van der Waals surface area contributed by atoms with E-state index in [1.807, 2.05) is 0 Å². The average Bonchev–Trinajstić information content (AvgIpc) is 3.18. The second kappa shape index (κ2) is 10.3. The first-order valence-electron chi connectivity index (χ1n) is 9.91. The highest BCUT2D eigenvalue weighted by Gasteiger charge is 2.49. The summed E-state index contributed by atoms with van der Waals surface area (Å²) in [6.45, 7) is 1.51. The fourth-order valence-electron chi connectivity index (χ4n) is 3.44. The summed E-state index contributed by atoms with van der Waals surface area (Å²) in [6.07, 6.45) is -0.794. The van der Waals surface area contributed by atoms with Crippen molar-refractivity contribution < 1.29 is 23.5 Å². The first-order valence-corrected chi connectivity index (χ1v) is 10.7.